The number of aromatic nitrogens is 2. The molecule has 2 N–H and O–H groups in total. The van der Waals surface area contributed by atoms with E-state index in [1.54, 1.807) is 49.6 Å². The third-order valence-electron chi connectivity index (χ3n) is 3.31. The van der Waals surface area contributed by atoms with Crippen molar-refractivity contribution in [3.63, 3.8) is 0 Å². The molecule has 0 atom stereocenters. The molecule has 0 saturated heterocycles. The van der Waals surface area contributed by atoms with Gasteiger partial charge in [-0.05, 0) is 42.5 Å². The summed E-state index contributed by atoms with van der Waals surface area (Å²) in [6, 6.07) is 16.1. The fraction of sp³-hybridized carbons (Fsp3) is 0.0588. The lowest BCUT2D eigenvalue weighted by atomic mass is 10.1. The number of nitrogens with zero attached hydrogens (tertiary/aromatic N) is 1. The minimum atomic E-state index is -0.261. The first-order chi connectivity index (χ1) is 11.2. The molecule has 2 aromatic carbocycles. The predicted octanol–water partition coefficient (Wildman–Crippen LogP) is 3.99. The Hall–Kier alpha value is -2.79. The second-order valence-electron chi connectivity index (χ2n) is 4.86. The van der Waals surface area contributed by atoms with Gasteiger partial charge in [-0.2, -0.15) is 5.10 Å². The molecular formula is C17H14ClN3O2. The maximum atomic E-state index is 12.2. The van der Waals surface area contributed by atoms with E-state index in [9.17, 15) is 4.79 Å². The first kappa shape index (κ1) is 15.1. The van der Waals surface area contributed by atoms with Crippen molar-refractivity contribution in [2.75, 3.05) is 12.4 Å². The van der Waals surface area contributed by atoms with Gasteiger partial charge < -0.3 is 10.1 Å². The molecule has 0 radical (unpaired) electrons. The fourth-order valence-electron chi connectivity index (χ4n) is 2.08. The number of nitrogens with one attached hydrogen (secondary N) is 2. The first-order valence-corrected chi connectivity index (χ1v) is 7.30. The number of carbonyl (C=O) groups excluding carboxylic acids is 1. The Labute approximate surface area is 138 Å². The minimum Gasteiger partial charge on any atom is -0.497 e. The summed E-state index contributed by atoms with van der Waals surface area (Å²) in [5, 5.41) is 10.3. The Bertz CT molecular complexity index is 811. The van der Waals surface area contributed by atoms with E-state index in [1.807, 2.05) is 12.1 Å². The molecule has 0 aliphatic rings. The molecule has 0 fully saturated rings. The molecule has 1 heterocycles. The number of rotatable bonds is 4. The SMILES string of the molecule is COc1ccc(NC(=O)c2cc(-c3ccc(Cl)cc3)n[nH]2)cc1. The van der Waals surface area contributed by atoms with Crippen molar-refractivity contribution in [3.05, 3.63) is 65.3 Å². The lowest BCUT2D eigenvalue weighted by molar-refractivity contribution is 0.102. The highest BCUT2D eigenvalue weighted by molar-refractivity contribution is 6.30. The Morgan fingerprint density at radius 2 is 1.83 bits per heavy atom. The normalized spacial score (nSPS) is 10.3. The number of anilines is 1. The molecule has 3 aromatic rings. The Kier molecular flexibility index (Phi) is 4.30. The van der Waals surface area contributed by atoms with E-state index in [4.69, 9.17) is 16.3 Å². The molecule has 0 unspecified atom stereocenters. The smallest absolute Gasteiger partial charge is 0.273 e. The van der Waals surface area contributed by atoms with Crippen LogP contribution in [0.4, 0.5) is 5.69 Å². The van der Waals surface area contributed by atoms with Gasteiger partial charge in [-0.1, -0.05) is 23.7 Å². The standard InChI is InChI=1S/C17H14ClN3O2/c1-23-14-8-6-13(7-9-14)19-17(22)16-10-15(20-21-16)11-2-4-12(18)5-3-11/h2-10H,1H3,(H,19,22)(H,20,21). The number of carbonyl (C=O) groups is 1. The summed E-state index contributed by atoms with van der Waals surface area (Å²) in [5.41, 5.74) is 2.62. The number of H-pyrrole nitrogens is 1. The van der Waals surface area contributed by atoms with Crippen molar-refractivity contribution in [2.45, 2.75) is 0 Å². The summed E-state index contributed by atoms with van der Waals surface area (Å²) >= 11 is 5.87. The van der Waals surface area contributed by atoms with Crippen LogP contribution in [-0.2, 0) is 0 Å². The van der Waals surface area contributed by atoms with E-state index >= 15 is 0 Å². The maximum Gasteiger partial charge on any atom is 0.273 e. The lowest BCUT2D eigenvalue weighted by Gasteiger charge is -2.04. The van der Waals surface area contributed by atoms with Crippen LogP contribution in [0.3, 0.4) is 0 Å². The van der Waals surface area contributed by atoms with Crippen LogP contribution in [0.25, 0.3) is 11.3 Å². The van der Waals surface area contributed by atoms with Gasteiger partial charge in [0.05, 0.1) is 12.8 Å². The number of amides is 1. The van der Waals surface area contributed by atoms with E-state index in [2.05, 4.69) is 15.5 Å². The molecule has 1 aromatic heterocycles. The van der Waals surface area contributed by atoms with E-state index in [0.717, 1.165) is 11.3 Å². The zero-order valence-electron chi connectivity index (χ0n) is 12.3. The largest absolute Gasteiger partial charge is 0.497 e. The zero-order chi connectivity index (χ0) is 16.2. The summed E-state index contributed by atoms with van der Waals surface area (Å²) in [7, 11) is 1.59. The fourth-order valence-corrected chi connectivity index (χ4v) is 2.21. The quantitative estimate of drug-likeness (QED) is 0.761. The van der Waals surface area contributed by atoms with Crippen molar-refractivity contribution in [1.82, 2.24) is 10.2 Å². The van der Waals surface area contributed by atoms with Gasteiger partial charge >= 0.3 is 0 Å². The highest BCUT2D eigenvalue weighted by Crippen LogP contribution is 2.21. The third-order valence-corrected chi connectivity index (χ3v) is 3.56. The second-order valence-corrected chi connectivity index (χ2v) is 5.29. The number of methoxy groups -OCH3 is 1. The average Bonchev–Trinajstić information content (AvgIpc) is 3.06. The molecule has 0 spiro atoms. The molecule has 0 aliphatic carbocycles. The van der Waals surface area contributed by atoms with E-state index in [-0.39, 0.29) is 5.91 Å². The van der Waals surface area contributed by atoms with Crippen LogP contribution in [0.2, 0.25) is 5.02 Å². The first-order valence-electron chi connectivity index (χ1n) is 6.92. The number of hydrogen-bond donors (Lipinski definition) is 2. The van der Waals surface area contributed by atoms with Crippen LogP contribution in [0.15, 0.2) is 54.6 Å². The van der Waals surface area contributed by atoms with Gasteiger partial charge in [-0.3, -0.25) is 9.89 Å². The molecule has 6 heteroatoms. The van der Waals surface area contributed by atoms with E-state index < -0.39 is 0 Å². The van der Waals surface area contributed by atoms with E-state index in [0.29, 0.717) is 22.1 Å². The van der Waals surface area contributed by atoms with Crippen LogP contribution in [0.1, 0.15) is 10.5 Å². The van der Waals surface area contributed by atoms with Gasteiger partial charge in [-0.25, -0.2) is 0 Å². The van der Waals surface area contributed by atoms with Crippen LogP contribution in [0, 0.1) is 0 Å². The Morgan fingerprint density at radius 3 is 2.48 bits per heavy atom. The van der Waals surface area contributed by atoms with Crippen molar-refractivity contribution in [1.29, 1.82) is 0 Å². The molecule has 23 heavy (non-hydrogen) atoms. The summed E-state index contributed by atoms with van der Waals surface area (Å²) < 4.78 is 5.08. The number of aromatic amines is 1. The summed E-state index contributed by atoms with van der Waals surface area (Å²) in [6.45, 7) is 0. The summed E-state index contributed by atoms with van der Waals surface area (Å²) in [5.74, 6) is 0.470. The molecular weight excluding hydrogens is 314 g/mol. The number of ether oxygens (including phenoxy) is 1. The molecule has 1 amide bonds. The van der Waals surface area contributed by atoms with Gasteiger partial charge in [0.15, 0.2) is 0 Å². The van der Waals surface area contributed by atoms with Crippen molar-refractivity contribution >= 4 is 23.2 Å². The molecule has 116 valence electrons. The number of benzene rings is 2. The van der Waals surface area contributed by atoms with Crippen molar-refractivity contribution in [3.8, 4) is 17.0 Å². The Balaban J connectivity index is 1.74. The van der Waals surface area contributed by atoms with Crippen LogP contribution < -0.4 is 10.1 Å². The van der Waals surface area contributed by atoms with Crippen molar-refractivity contribution < 1.29 is 9.53 Å². The molecule has 0 bridgehead atoms. The van der Waals surface area contributed by atoms with Crippen LogP contribution >= 0.6 is 11.6 Å². The van der Waals surface area contributed by atoms with Gasteiger partial charge in [0.2, 0.25) is 0 Å². The highest BCUT2D eigenvalue weighted by Gasteiger charge is 2.11. The molecule has 0 aliphatic heterocycles. The third kappa shape index (κ3) is 3.52. The Morgan fingerprint density at radius 1 is 1.13 bits per heavy atom. The zero-order valence-corrected chi connectivity index (χ0v) is 13.1. The van der Waals surface area contributed by atoms with Crippen LogP contribution in [-0.4, -0.2) is 23.2 Å². The van der Waals surface area contributed by atoms with Crippen LogP contribution in [0.5, 0.6) is 5.75 Å². The minimum absolute atomic E-state index is 0.261. The number of halogens is 1. The van der Waals surface area contributed by atoms with Gasteiger partial charge in [0.25, 0.3) is 5.91 Å². The molecule has 0 saturated carbocycles. The summed E-state index contributed by atoms with van der Waals surface area (Å²) in [4.78, 5) is 12.2. The number of hydrogen-bond acceptors (Lipinski definition) is 3. The maximum absolute atomic E-state index is 12.2. The topological polar surface area (TPSA) is 67.0 Å². The van der Waals surface area contributed by atoms with Gasteiger partial charge in [-0.15, -0.1) is 0 Å². The van der Waals surface area contributed by atoms with E-state index in [1.165, 1.54) is 0 Å². The van der Waals surface area contributed by atoms with Gasteiger partial charge in [0.1, 0.15) is 11.4 Å². The van der Waals surface area contributed by atoms with Gasteiger partial charge in [0, 0.05) is 16.3 Å². The predicted molar refractivity (Wildman–Crippen MR) is 90.0 cm³/mol. The lowest BCUT2D eigenvalue weighted by Crippen LogP contribution is -2.12. The highest BCUT2D eigenvalue weighted by atomic mass is 35.5. The monoisotopic (exact) mass is 327 g/mol. The van der Waals surface area contributed by atoms with Crippen molar-refractivity contribution in [2.24, 2.45) is 0 Å². The summed E-state index contributed by atoms with van der Waals surface area (Å²) in [6.07, 6.45) is 0. The molecule has 3 rings (SSSR count). The average molecular weight is 328 g/mol. The molecule has 5 nitrogen and oxygen atoms in total. The second kappa shape index (κ2) is 6.54.